The molecule has 3 aromatic carbocycles. The van der Waals surface area contributed by atoms with Gasteiger partial charge in [0.1, 0.15) is 12.4 Å². The van der Waals surface area contributed by atoms with Crippen LogP contribution in [0.15, 0.2) is 82.4 Å². The Bertz CT molecular complexity index is 1490. The van der Waals surface area contributed by atoms with Crippen LogP contribution in [0, 0.1) is 5.82 Å². The molecule has 4 rings (SSSR count). The lowest BCUT2D eigenvalue weighted by Gasteiger charge is -2.14. The fourth-order valence-electron chi connectivity index (χ4n) is 3.60. The zero-order chi connectivity index (χ0) is 23.5. The van der Waals surface area contributed by atoms with E-state index in [1.165, 1.54) is 35.8 Å². The molecule has 0 saturated carbocycles. The lowest BCUT2D eigenvalue weighted by atomic mass is 10.1. The number of anilines is 1. The first kappa shape index (κ1) is 21.9. The number of carbonyl (C=O) groups is 2. The molecule has 4 aromatic rings. The van der Waals surface area contributed by atoms with Gasteiger partial charge in [0, 0.05) is 11.3 Å². The summed E-state index contributed by atoms with van der Waals surface area (Å²) in [6.07, 6.45) is 0. The van der Waals surface area contributed by atoms with Gasteiger partial charge >= 0.3 is 5.69 Å². The molecule has 0 saturated heterocycles. The topological polar surface area (TPSA) is 90.2 Å². The number of fused-ring (bicyclic) bond motifs is 1. The van der Waals surface area contributed by atoms with Crippen molar-refractivity contribution in [2.45, 2.75) is 20.0 Å². The molecule has 1 aromatic heterocycles. The van der Waals surface area contributed by atoms with Gasteiger partial charge in [-0.1, -0.05) is 36.4 Å². The Morgan fingerprint density at radius 1 is 0.909 bits per heavy atom. The highest BCUT2D eigenvalue weighted by molar-refractivity contribution is 5.97. The Morgan fingerprint density at radius 3 is 2.36 bits per heavy atom. The van der Waals surface area contributed by atoms with Crippen molar-refractivity contribution >= 4 is 28.3 Å². The molecule has 0 aliphatic heterocycles. The molecular formula is C25H20FN3O4. The molecular weight excluding hydrogens is 425 g/mol. The highest BCUT2D eigenvalue weighted by Gasteiger charge is 2.16. The highest BCUT2D eigenvalue weighted by atomic mass is 19.1. The zero-order valence-electron chi connectivity index (χ0n) is 17.7. The molecule has 8 heteroatoms. The van der Waals surface area contributed by atoms with Crippen LogP contribution in [0.25, 0.3) is 10.9 Å². The van der Waals surface area contributed by atoms with E-state index in [4.69, 9.17) is 0 Å². The quantitative estimate of drug-likeness (QED) is 0.462. The monoisotopic (exact) mass is 445 g/mol. The molecule has 1 amide bonds. The number of aromatic nitrogens is 2. The summed E-state index contributed by atoms with van der Waals surface area (Å²) >= 11 is 0. The Kier molecular flexibility index (Phi) is 5.99. The molecule has 1 heterocycles. The summed E-state index contributed by atoms with van der Waals surface area (Å²) in [5.41, 5.74) is 0.618. The van der Waals surface area contributed by atoms with Gasteiger partial charge in [-0.15, -0.1) is 0 Å². The van der Waals surface area contributed by atoms with Gasteiger partial charge in [0.2, 0.25) is 5.91 Å². The minimum atomic E-state index is -0.657. The first-order chi connectivity index (χ1) is 15.8. The second-order valence-corrected chi connectivity index (χ2v) is 7.59. The van der Waals surface area contributed by atoms with Crippen molar-refractivity contribution in [2.24, 2.45) is 0 Å². The molecule has 0 aliphatic rings. The van der Waals surface area contributed by atoms with Crippen LogP contribution < -0.4 is 16.6 Å². The minimum Gasteiger partial charge on any atom is -0.325 e. The van der Waals surface area contributed by atoms with Crippen LogP contribution >= 0.6 is 0 Å². The molecule has 166 valence electrons. The van der Waals surface area contributed by atoms with Crippen LogP contribution in [0.3, 0.4) is 0 Å². The normalized spacial score (nSPS) is 10.8. The molecule has 0 aliphatic carbocycles. The summed E-state index contributed by atoms with van der Waals surface area (Å²) in [7, 11) is 0. The van der Waals surface area contributed by atoms with E-state index in [0.29, 0.717) is 22.3 Å². The Labute approximate surface area is 187 Å². The van der Waals surface area contributed by atoms with Gasteiger partial charge in [-0.25, -0.2) is 9.18 Å². The lowest BCUT2D eigenvalue weighted by Crippen LogP contribution is -2.42. The average molecular weight is 445 g/mol. The third kappa shape index (κ3) is 4.64. The van der Waals surface area contributed by atoms with Crippen LogP contribution in [0.2, 0.25) is 0 Å². The predicted molar refractivity (Wildman–Crippen MR) is 123 cm³/mol. The number of Topliss-reactive ketones (excluding diaryl/α,β-unsaturated/α-hetero) is 1. The third-order valence-electron chi connectivity index (χ3n) is 5.24. The fourth-order valence-corrected chi connectivity index (χ4v) is 3.60. The maximum atomic E-state index is 13.3. The standard InChI is InChI=1S/C25H20FN3O4/c1-16(30)18-5-4-6-20(13-18)27-23(31)15-28-22-8-3-2-7-21(22)24(32)29(25(28)33)14-17-9-11-19(26)12-10-17/h2-13H,14-15H2,1H3,(H,27,31). The van der Waals surface area contributed by atoms with E-state index in [1.54, 1.807) is 48.5 Å². The maximum absolute atomic E-state index is 13.3. The largest absolute Gasteiger partial charge is 0.332 e. The first-order valence-corrected chi connectivity index (χ1v) is 10.2. The van der Waals surface area contributed by atoms with Crippen molar-refractivity contribution in [3.63, 3.8) is 0 Å². The highest BCUT2D eigenvalue weighted by Crippen LogP contribution is 2.13. The van der Waals surface area contributed by atoms with Gasteiger partial charge in [-0.05, 0) is 48.9 Å². The number of nitrogens with one attached hydrogen (secondary N) is 1. The van der Waals surface area contributed by atoms with Crippen LogP contribution in [0.1, 0.15) is 22.8 Å². The average Bonchev–Trinajstić information content (AvgIpc) is 2.81. The summed E-state index contributed by atoms with van der Waals surface area (Å²) in [6.45, 7) is 1.02. The molecule has 0 spiro atoms. The zero-order valence-corrected chi connectivity index (χ0v) is 17.7. The number of halogens is 1. The lowest BCUT2D eigenvalue weighted by molar-refractivity contribution is -0.116. The van der Waals surface area contributed by atoms with Gasteiger partial charge in [-0.2, -0.15) is 0 Å². The van der Waals surface area contributed by atoms with Crippen molar-refractivity contribution in [3.8, 4) is 0 Å². The van der Waals surface area contributed by atoms with Crippen molar-refractivity contribution in [1.29, 1.82) is 0 Å². The number of carbonyl (C=O) groups excluding carboxylic acids is 2. The molecule has 1 N–H and O–H groups in total. The number of amides is 1. The SMILES string of the molecule is CC(=O)c1cccc(NC(=O)Cn2c(=O)n(Cc3ccc(F)cc3)c(=O)c3ccccc32)c1. The number of ketones is 1. The van der Waals surface area contributed by atoms with Gasteiger partial charge in [-0.3, -0.25) is 23.5 Å². The second-order valence-electron chi connectivity index (χ2n) is 7.59. The van der Waals surface area contributed by atoms with Crippen molar-refractivity contribution in [3.05, 3.63) is 111 Å². The summed E-state index contributed by atoms with van der Waals surface area (Å²) in [6, 6.07) is 18.5. The number of para-hydroxylation sites is 1. The predicted octanol–water partition coefficient (Wildman–Crippen LogP) is 3.19. The van der Waals surface area contributed by atoms with E-state index in [9.17, 15) is 23.6 Å². The minimum absolute atomic E-state index is 0.0644. The summed E-state index contributed by atoms with van der Waals surface area (Å²) < 4.78 is 15.5. The molecule has 0 bridgehead atoms. The van der Waals surface area contributed by atoms with Gasteiger partial charge in [0.15, 0.2) is 5.78 Å². The smallest absolute Gasteiger partial charge is 0.325 e. The molecule has 0 radical (unpaired) electrons. The van der Waals surface area contributed by atoms with Crippen molar-refractivity contribution in [2.75, 3.05) is 5.32 Å². The molecule has 7 nitrogen and oxygen atoms in total. The second kappa shape index (κ2) is 9.04. The molecule has 33 heavy (non-hydrogen) atoms. The van der Waals surface area contributed by atoms with Crippen molar-refractivity contribution in [1.82, 2.24) is 9.13 Å². The van der Waals surface area contributed by atoms with Gasteiger partial charge < -0.3 is 5.32 Å². The van der Waals surface area contributed by atoms with E-state index in [2.05, 4.69) is 5.32 Å². The van der Waals surface area contributed by atoms with Gasteiger partial charge in [0.25, 0.3) is 5.56 Å². The Hall–Kier alpha value is -4.33. The molecule has 0 fully saturated rings. The summed E-state index contributed by atoms with van der Waals surface area (Å²) in [4.78, 5) is 50.6. The number of hydrogen-bond acceptors (Lipinski definition) is 4. The molecule has 0 atom stereocenters. The van der Waals surface area contributed by atoms with E-state index >= 15 is 0 Å². The van der Waals surface area contributed by atoms with Crippen LogP contribution in [-0.4, -0.2) is 20.8 Å². The number of nitrogens with zero attached hydrogens (tertiary/aromatic N) is 2. The van der Waals surface area contributed by atoms with E-state index in [1.807, 2.05) is 0 Å². The fraction of sp³-hybridized carbons (Fsp3) is 0.120. The van der Waals surface area contributed by atoms with E-state index in [0.717, 1.165) is 4.57 Å². The van der Waals surface area contributed by atoms with Crippen LogP contribution in [0.4, 0.5) is 10.1 Å². The molecule has 0 unspecified atom stereocenters. The van der Waals surface area contributed by atoms with E-state index < -0.39 is 23.0 Å². The first-order valence-electron chi connectivity index (χ1n) is 10.2. The van der Waals surface area contributed by atoms with Crippen LogP contribution in [-0.2, 0) is 17.9 Å². The number of benzene rings is 3. The van der Waals surface area contributed by atoms with E-state index in [-0.39, 0.29) is 24.3 Å². The summed E-state index contributed by atoms with van der Waals surface area (Å²) in [5, 5.41) is 2.97. The van der Waals surface area contributed by atoms with Gasteiger partial charge in [0.05, 0.1) is 17.4 Å². The third-order valence-corrected chi connectivity index (χ3v) is 5.24. The number of rotatable bonds is 6. The number of hydrogen-bond donors (Lipinski definition) is 1. The van der Waals surface area contributed by atoms with Crippen molar-refractivity contribution < 1.29 is 14.0 Å². The summed E-state index contributed by atoms with van der Waals surface area (Å²) in [5.74, 6) is -1.05. The maximum Gasteiger partial charge on any atom is 0.332 e. The Morgan fingerprint density at radius 2 is 1.64 bits per heavy atom. The van der Waals surface area contributed by atoms with Crippen LogP contribution in [0.5, 0.6) is 0 Å². The Balaban J connectivity index is 1.72.